The van der Waals surface area contributed by atoms with Crippen molar-refractivity contribution in [3.63, 3.8) is 0 Å². The lowest BCUT2D eigenvalue weighted by molar-refractivity contribution is 0.394. The topological polar surface area (TPSA) is 95.5 Å². The lowest BCUT2D eigenvalue weighted by Crippen LogP contribution is -2.45. The van der Waals surface area contributed by atoms with Gasteiger partial charge >= 0.3 is 0 Å². The van der Waals surface area contributed by atoms with Crippen LogP contribution < -0.4 is 25.0 Å². The fourth-order valence-corrected chi connectivity index (χ4v) is 4.43. The van der Waals surface area contributed by atoms with Gasteiger partial charge in [-0.2, -0.15) is 0 Å². The third-order valence-corrected chi connectivity index (χ3v) is 6.53. The Morgan fingerprint density at radius 1 is 1.27 bits per heavy atom. The van der Waals surface area contributed by atoms with E-state index in [1.54, 1.807) is 21.3 Å². The van der Waals surface area contributed by atoms with Crippen molar-refractivity contribution in [3.8, 4) is 11.5 Å². The van der Waals surface area contributed by atoms with E-state index in [4.69, 9.17) is 9.47 Å². The molecule has 10 heteroatoms. The van der Waals surface area contributed by atoms with E-state index in [1.165, 1.54) is 10.6 Å². The van der Waals surface area contributed by atoms with E-state index in [9.17, 15) is 8.42 Å². The Labute approximate surface area is 180 Å². The van der Waals surface area contributed by atoms with E-state index < -0.39 is 10.0 Å². The Bertz CT molecular complexity index is 793. The molecule has 0 radical (unpaired) electrons. The average Bonchev–Trinajstić information content (AvgIpc) is 3.20. The van der Waals surface area contributed by atoms with Crippen molar-refractivity contribution < 1.29 is 17.9 Å². The summed E-state index contributed by atoms with van der Waals surface area (Å²) < 4.78 is 35.5. The number of aliphatic imine (C=N–C) groups is 1. The molecule has 0 aliphatic carbocycles. The highest BCUT2D eigenvalue weighted by Gasteiger charge is 2.24. The molecule has 0 bridgehead atoms. The molecule has 9 nitrogen and oxygen atoms in total. The van der Waals surface area contributed by atoms with Gasteiger partial charge in [-0.1, -0.05) is 6.92 Å². The number of ether oxygens (including phenoxy) is 2. The van der Waals surface area contributed by atoms with Crippen LogP contribution in [0.25, 0.3) is 0 Å². The second-order valence-corrected chi connectivity index (χ2v) is 9.24. The first-order valence-electron chi connectivity index (χ1n) is 10.2. The van der Waals surface area contributed by atoms with Crippen molar-refractivity contribution in [2.75, 3.05) is 65.1 Å². The second-order valence-electron chi connectivity index (χ2n) is 7.25. The standard InChI is InChI=1S/C20H35N5O4S/c1-6-25(30(5,26)27)10-7-9-22-20(21-2)23-16-8-11-24(15-16)17-12-18(28-3)14-19(13-17)29-4/h12-14,16H,6-11,15H2,1-5H3,(H2,21,22,23). The van der Waals surface area contributed by atoms with Crippen molar-refractivity contribution in [2.24, 2.45) is 4.99 Å². The minimum atomic E-state index is -3.15. The molecule has 2 N–H and O–H groups in total. The van der Waals surface area contributed by atoms with Gasteiger partial charge in [0.25, 0.3) is 0 Å². The van der Waals surface area contributed by atoms with Crippen LogP contribution in [0.3, 0.4) is 0 Å². The Morgan fingerprint density at radius 2 is 1.93 bits per heavy atom. The molecule has 0 aromatic heterocycles. The first kappa shape index (κ1) is 24.1. The predicted octanol–water partition coefficient (Wildman–Crippen LogP) is 1.12. The van der Waals surface area contributed by atoms with Gasteiger partial charge in [0.15, 0.2) is 5.96 Å². The Morgan fingerprint density at radius 3 is 2.47 bits per heavy atom. The number of nitrogens with zero attached hydrogens (tertiary/aromatic N) is 3. The van der Waals surface area contributed by atoms with Crippen LogP contribution in [-0.4, -0.2) is 85.0 Å². The highest BCUT2D eigenvalue weighted by Crippen LogP contribution is 2.30. The van der Waals surface area contributed by atoms with Crippen molar-refractivity contribution in [2.45, 2.75) is 25.8 Å². The van der Waals surface area contributed by atoms with Crippen molar-refractivity contribution in [1.29, 1.82) is 0 Å². The zero-order chi connectivity index (χ0) is 22.1. The van der Waals surface area contributed by atoms with Crippen molar-refractivity contribution >= 4 is 21.7 Å². The van der Waals surface area contributed by atoms with Crippen LogP contribution in [-0.2, 0) is 10.0 Å². The summed E-state index contributed by atoms with van der Waals surface area (Å²) in [6.45, 7) is 5.24. The van der Waals surface area contributed by atoms with E-state index in [0.29, 0.717) is 26.1 Å². The molecule has 0 amide bonds. The van der Waals surface area contributed by atoms with Crippen LogP contribution in [0.2, 0.25) is 0 Å². The number of rotatable bonds is 10. The molecule has 30 heavy (non-hydrogen) atoms. The summed E-state index contributed by atoms with van der Waals surface area (Å²) in [5.74, 6) is 2.27. The number of anilines is 1. The molecule has 1 heterocycles. The average molecular weight is 442 g/mol. The fraction of sp³-hybridized carbons (Fsp3) is 0.650. The predicted molar refractivity (Wildman–Crippen MR) is 121 cm³/mol. The van der Waals surface area contributed by atoms with Crippen LogP contribution in [0.15, 0.2) is 23.2 Å². The fourth-order valence-electron chi connectivity index (χ4n) is 3.50. The third-order valence-electron chi connectivity index (χ3n) is 5.15. The molecule has 1 atom stereocenters. The van der Waals surface area contributed by atoms with Crippen molar-refractivity contribution in [1.82, 2.24) is 14.9 Å². The van der Waals surface area contributed by atoms with Crippen LogP contribution >= 0.6 is 0 Å². The summed E-state index contributed by atoms with van der Waals surface area (Å²) in [6, 6.07) is 6.15. The minimum Gasteiger partial charge on any atom is -0.497 e. The summed E-state index contributed by atoms with van der Waals surface area (Å²) >= 11 is 0. The quantitative estimate of drug-likeness (QED) is 0.319. The molecule has 0 saturated carbocycles. The van der Waals surface area contributed by atoms with Gasteiger partial charge in [0.2, 0.25) is 10.0 Å². The van der Waals surface area contributed by atoms with Gasteiger partial charge in [-0.3, -0.25) is 4.99 Å². The molecule has 1 saturated heterocycles. The Kier molecular flexibility index (Phi) is 9.04. The van der Waals surface area contributed by atoms with Crippen LogP contribution in [0.4, 0.5) is 5.69 Å². The summed E-state index contributed by atoms with van der Waals surface area (Å²) in [7, 11) is 1.90. The third kappa shape index (κ3) is 6.94. The van der Waals surface area contributed by atoms with Gasteiger partial charge in [-0.05, 0) is 12.8 Å². The first-order chi connectivity index (χ1) is 14.3. The lowest BCUT2D eigenvalue weighted by Gasteiger charge is -2.22. The molecule has 1 fully saturated rings. The monoisotopic (exact) mass is 441 g/mol. The summed E-state index contributed by atoms with van der Waals surface area (Å²) in [5, 5.41) is 6.73. The number of sulfonamides is 1. The van der Waals surface area contributed by atoms with E-state index in [1.807, 2.05) is 25.1 Å². The second kappa shape index (κ2) is 11.3. The molecule has 1 aliphatic rings. The molecule has 1 aromatic rings. The highest BCUT2D eigenvalue weighted by atomic mass is 32.2. The maximum atomic E-state index is 11.7. The molecular weight excluding hydrogens is 406 g/mol. The maximum absolute atomic E-state index is 11.7. The largest absolute Gasteiger partial charge is 0.497 e. The highest BCUT2D eigenvalue weighted by molar-refractivity contribution is 7.88. The number of guanidine groups is 1. The first-order valence-corrected chi connectivity index (χ1v) is 12.1. The van der Waals surface area contributed by atoms with Gasteiger partial charge in [0.1, 0.15) is 11.5 Å². The number of hydrogen-bond acceptors (Lipinski definition) is 6. The van der Waals surface area contributed by atoms with Crippen LogP contribution in [0, 0.1) is 0 Å². The lowest BCUT2D eigenvalue weighted by atomic mass is 10.2. The number of hydrogen-bond donors (Lipinski definition) is 2. The summed E-state index contributed by atoms with van der Waals surface area (Å²) in [6.07, 6.45) is 2.94. The normalized spacial score (nSPS) is 17.3. The SMILES string of the molecule is CCN(CCCNC(=NC)NC1CCN(c2cc(OC)cc(OC)c2)C1)S(C)(=O)=O. The molecule has 170 valence electrons. The van der Waals surface area contributed by atoms with E-state index in [2.05, 4.69) is 20.5 Å². The van der Waals surface area contributed by atoms with Gasteiger partial charge in [-0.25, -0.2) is 12.7 Å². The van der Waals surface area contributed by atoms with E-state index >= 15 is 0 Å². The molecule has 1 unspecified atom stereocenters. The van der Waals surface area contributed by atoms with Gasteiger partial charge < -0.3 is 25.0 Å². The van der Waals surface area contributed by atoms with Gasteiger partial charge in [0, 0.05) is 69.7 Å². The van der Waals surface area contributed by atoms with Crippen LogP contribution in [0.1, 0.15) is 19.8 Å². The molecule has 2 rings (SSSR count). The zero-order valence-electron chi connectivity index (χ0n) is 18.6. The molecule has 1 aromatic carbocycles. The number of methoxy groups -OCH3 is 2. The maximum Gasteiger partial charge on any atom is 0.211 e. The van der Waals surface area contributed by atoms with Gasteiger partial charge in [-0.15, -0.1) is 0 Å². The molecule has 1 aliphatic heterocycles. The minimum absolute atomic E-state index is 0.261. The smallest absolute Gasteiger partial charge is 0.211 e. The number of nitrogens with one attached hydrogen (secondary N) is 2. The van der Waals surface area contributed by atoms with Crippen LogP contribution in [0.5, 0.6) is 11.5 Å². The Hall–Kier alpha value is -2.20. The van der Waals surface area contributed by atoms with E-state index in [0.717, 1.165) is 42.7 Å². The van der Waals surface area contributed by atoms with E-state index in [-0.39, 0.29) is 6.04 Å². The number of benzene rings is 1. The Balaban J connectivity index is 1.84. The summed E-state index contributed by atoms with van der Waals surface area (Å²) in [5.41, 5.74) is 1.07. The summed E-state index contributed by atoms with van der Waals surface area (Å²) in [4.78, 5) is 6.59. The molecular formula is C20H35N5O4S. The molecule has 0 spiro atoms. The van der Waals surface area contributed by atoms with Gasteiger partial charge in [0.05, 0.1) is 20.5 Å². The zero-order valence-corrected chi connectivity index (χ0v) is 19.5. The van der Waals surface area contributed by atoms with Crippen molar-refractivity contribution in [3.05, 3.63) is 18.2 Å².